The highest BCUT2D eigenvalue weighted by Crippen LogP contribution is 2.19. The van der Waals surface area contributed by atoms with E-state index < -0.39 is 17.3 Å². The van der Waals surface area contributed by atoms with Crippen LogP contribution in [0.15, 0.2) is 12.3 Å². The second kappa shape index (κ2) is 3.14. The minimum atomic E-state index is -0.696. The third-order valence-corrected chi connectivity index (χ3v) is 1.31. The predicted octanol–water partition coefficient (Wildman–Crippen LogP) is 0.188. The van der Waals surface area contributed by atoms with Gasteiger partial charge in [0.1, 0.15) is 0 Å². The normalized spacial score (nSPS) is 9.75. The van der Waals surface area contributed by atoms with Crippen LogP contribution in [-0.4, -0.2) is 20.1 Å². The molecule has 12 heavy (non-hydrogen) atoms. The van der Waals surface area contributed by atoms with Gasteiger partial charge in [0.05, 0.1) is 6.61 Å². The summed E-state index contributed by atoms with van der Waals surface area (Å²) in [6.07, 6.45) is 0.934. The molecule has 1 aromatic heterocycles. The molecule has 0 amide bonds. The average molecular weight is 170 g/mol. The first-order valence-corrected chi connectivity index (χ1v) is 3.08. The number of rotatable bonds is 2. The Morgan fingerprint density at radius 1 is 1.67 bits per heavy atom. The van der Waals surface area contributed by atoms with Crippen LogP contribution >= 0.6 is 0 Å². The van der Waals surface area contributed by atoms with E-state index >= 15 is 0 Å². The van der Waals surface area contributed by atoms with E-state index in [1.54, 1.807) is 0 Å². The van der Waals surface area contributed by atoms with Gasteiger partial charge in [-0.15, -0.1) is 0 Å². The first-order valence-electron chi connectivity index (χ1n) is 3.08. The fourth-order valence-corrected chi connectivity index (χ4v) is 0.704. The average Bonchev–Trinajstić information content (AvgIpc) is 2.05. The van der Waals surface area contributed by atoms with Crippen LogP contribution in [0.4, 0.5) is 5.82 Å². The standard InChI is InChI=1S/C6H6N2O4/c9-3-4-1-6(8(11)12)7-2-5(4)10/h1-2,9-10H,3H2. The first kappa shape index (κ1) is 8.41. The molecule has 64 valence electrons. The van der Waals surface area contributed by atoms with E-state index in [9.17, 15) is 10.1 Å². The molecule has 0 bridgehead atoms. The minimum absolute atomic E-state index is 0.0942. The van der Waals surface area contributed by atoms with Crippen LogP contribution in [0.2, 0.25) is 0 Å². The van der Waals surface area contributed by atoms with E-state index in [4.69, 9.17) is 10.2 Å². The van der Waals surface area contributed by atoms with Gasteiger partial charge in [0, 0.05) is 11.6 Å². The van der Waals surface area contributed by atoms with Crippen LogP contribution in [-0.2, 0) is 6.61 Å². The number of aromatic hydroxyl groups is 1. The van der Waals surface area contributed by atoms with E-state index in [1.165, 1.54) is 0 Å². The molecule has 0 aromatic carbocycles. The number of hydrogen-bond donors (Lipinski definition) is 2. The fraction of sp³-hybridized carbons (Fsp3) is 0.167. The Morgan fingerprint density at radius 2 is 2.33 bits per heavy atom. The molecule has 0 saturated carbocycles. The van der Waals surface area contributed by atoms with Gasteiger partial charge in [0.25, 0.3) is 0 Å². The van der Waals surface area contributed by atoms with Crippen LogP contribution in [0.5, 0.6) is 5.75 Å². The Balaban J connectivity index is 3.13. The van der Waals surface area contributed by atoms with E-state index in [1.807, 2.05) is 0 Å². The molecule has 0 atom stereocenters. The highest BCUT2D eigenvalue weighted by atomic mass is 16.6. The number of pyridine rings is 1. The third kappa shape index (κ3) is 1.48. The summed E-state index contributed by atoms with van der Waals surface area (Å²) >= 11 is 0. The van der Waals surface area contributed by atoms with Crippen LogP contribution in [0.25, 0.3) is 0 Å². The lowest BCUT2D eigenvalue weighted by atomic mass is 10.2. The quantitative estimate of drug-likeness (QED) is 0.487. The second-order valence-electron chi connectivity index (χ2n) is 2.09. The van der Waals surface area contributed by atoms with Gasteiger partial charge >= 0.3 is 5.82 Å². The SMILES string of the molecule is O=[N+]([O-])c1cc(CO)c(O)cn1. The molecule has 0 aliphatic carbocycles. The Kier molecular flexibility index (Phi) is 2.20. The van der Waals surface area contributed by atoms with Crippen molar-refractivity contribution in [2.24, 2.45) is 0 Å². The summed E-state index contributed by atoms with van der Waals surface area (Å²) in [4.78, 5) is 12.8. The fourth-order valence-electron chi connectivity index (χ4n) is 0.704. The monoisotopic (exact) mass is 170 g/mol. The Morgan fingerprint density at radius 3 is 2.83 bits per heavy atom. The van der Waals surface area contributed by atoms with Crippen LogP contribution in [0.1, 0.15) is 5.56 Å². The van der Waals surface area contributed by atoms with Crippen molar-refractivity contribution in [2.75, 3.05) is 0 Å². The summed E-state index contributed by atoms with van der Waals surface area (Å²) in [6, 6.07) is 1.02. The lowest BCUT2D eigenvalue weighted by Crippen LogP contribution is -1.94. The Labute approximate surface area is 67.3 Å². The first-order chi connectivity index (χ1) is 5.65. The molecule has 1 heterocycles. The molecule has 2 N–H and O–H groups in total. The zero-order valence-corrected chi connectivity index (χ0v) is 5.97. The molecule has 0 saturated heterocycles. The second-order valence-corrected chi connectivity index (χ2v) is 2.09. The number of nitro groups is 1. The Hall–Kier alpha value is -1.69. The molecule has 6 heteroatoms. The molecular weight excluding hydrogens is 164 g/mol. The van der Waals surface area contributed by atoms with Crippen molar-refractivity contribution >= 4 is 5.82 Å². The van der Waals surface area contributed by atoms with Gasteiger partial charge in [-0.05, 0) is 9.91 Å². The van der Waals surface area contributed by atoms with Gasteiger partial charge in [0.15, 0.2) is 11.9 Å². The molecule has 0 aliphatic rings. The lowest BCUT2D eigenvalue weighted by Gasteiger charge is -1.97. The van der Waals surface area contributed by atoms with Crippen molar-refractivity contribution in [3.63, 3.8) is 0 Å². The smallest absolute Gasteiger partial charge is 0.364 e. The van der Waals surface area contributed by atoms with Crippen molar-refractivity contribution in [1.82, 2.24) is 4.98 Å². The summed E-state index contributed by atoms with van der Waals surface area (Å²) in [6.45, 7) is -0.449. The molecule has 6 nitrogen and oxygen atoms in total. The van der Waals surface area contributed by atoms with E-state index in [2.05, 4.69) is 4.98 Å². The van der Waals surface area contributed by atoms with Gasteiger partial charge in [-0.25, -0.2) is 0 Å². The topological polar surface area (TPSA) is 96.5 Å². The van der Waals surface area contributed by atoms with Crippen molar-refractivity contribution in [1.29, 1.82) is 0 Å². The molecule has 0 aliphatic heterocycles. The number of aromatic nitrogens is 1. The zero-order valence-electron chi connectivity index (χ0n) is 5.97. The van der Waals surface area contributed by atoms with Gasteiger partial charge in [-0.3, -0.25) is 0 Å². The summed E-state index contributed by atoms with van der Waals surface area (Å²) in [7, 11) is 0. The molecular formula is C6H6N2O4. The molecule has 1 aromatic rings. The summed E-state index contributed by atoms with van der Waals surface area (Å²) < 4.78 is 0. The van der Waals surface area contributed by atoms with E-state index in [0.717, 1.165) is 12.3 Å². The van der Waals surface area contributed by atoms with Crippen molar-refractivity contribution in [3.05, 3.63) is 27.9 Å². The van der Waals surface area contributed by atoms with Crippen LogP contribution < -0.4 is 0 Å². The molecule has 1 rings (SSSR count). The summed E-state index contributed by atoms with van der Waals surface area (Å²) in [5, 5.41) is 27.7. The van der Waals surface area contributed by atoms with E-state index in [0.29, 0.717) is 0 Å². The van der Waals surface area contributed by atoms with Crippen molar-refractivity contribution in [2.45, 2.75) is 6.61 Å². The lowest BCUT2D eigenvalue weighted by molar-refractivity contribution is -0.389. The maximum absolute atomic E-state index is 10.2. The van der Waals surface area contributed by atoms with Crippen molar-refractivity contribution in [3.8, 4) is 5.75 Å². The molecule has 0 spiro atoms. The van der Waals surface area contributed by atoms with Gasteiger partial charge < -0.3 is 20.3 Å². The number of aliphatic hydroxyl groups excluding tert-OH is 1. The maximum Gasteiger partial charge on any atom is 0.364 e. The van der Waals surface area contributed by atoms with Crippen LogP contribution in [0, 0.1) is 10.1 Å². The van der Waals surface area contributed by atoms with Gasteiger partial charge in [-0.1, -0.05) is 0 Å². The van der Waals surface area contributed by atoms with Crippen LogP contribution in [0.3, 0.4) is 0 Å². The number of nitrogens with zero attached hydrogens (tertiary/aromatic N) is 2. The summed E-state index contributed by atoms with van der Waals surface area (Å²) in [5.74, 6) is -0.639. The molecule has 0 fully saturated rings. The van der Waals surface area contributed by atoms with Gasteiger partial charge in [-0.2, -0.15) is 0 Å². The number of hydrogen-bond acceptors (Lipinski definition) is 5. The third-order valence-electron chi connectivity index (χ3n) is 1.31. The summed E-state index contributed by atoms with van der Waals surface area (Å²) in [5.41, 5.74) is 0.0942. The number of aliphatic hydroxyl groups is 1. The van der Waals surface area contributed by atoms with E-state index in [-0.39, 0.29) is 11.3 Å². The maximum atomic E-state index is 10.2. The highest BCUT2D eigenvalue weighted by Gasteiger charge is 2.11. The van der Waals surface area contributed by atoms with Crippen molar-refractivity contribution < 1.29 is 15.1 Å². The molecule has 0 unspecified atom stereocenters. The highest BCUT2D eigenvalue weighted by molar-refractivity contribution is 5.35. The Bertz CT molecular complexity index is 312. The largest absolute Gasteiger partial charge is 0.504 e. The predicted molar refractivity (Wildman–Crippen MR) is 38.5 cm³/mol. The molecule has 0 radical (unpaired) electrons. The zero-order chi connectivity index (χ0) is 9.14. The minimum Gasteiger partial charge on any atom is -0.504 e. The van der Waals surface area contributed by atoms with Gasteiger partial charge in [0.2, 0.25) is 0 Å².